The highest BCUT2D eigenvalue weighted by Gasteiger charge is 2.29. The lowest BCUT2D eigenvalue weighted by Gasteiger charge is -2.36. The quantitative estimate of drug-likeness (QED) is 0.786. The molecule has 19 heavy (non-hydrogen) atoms. The van der Waals surface area contributed by atoms with E-state index in [9.17, 15) is 9.59 Å². The molecule has 2 aliphatic rings. The van der Waals surface area contributed by atoms with Crippen molar-refractivity contribution in [1.29, 1.82) is 0 Å². The van der Waals surface area contributed by atoms with Gasteiger partial charge in [-0.25, -0.2) is 0 Å². The summed E-state index contributed by atoms with van der Waals surface area (Å²) < 4.78 is 0. The van der Waals surface area contributed by atoms with E-state index < -0.39 is 11.7 Å². The zero-order valence-electron chi connectivity index (χ0n) is 11.3. The van der Waals surface area contributed by atoms with Crippen LogP contribution < -0.4 is 10.2 Å². The van der Waals surface area contributed by atoms with Gasteiger partial charge in [-0.05, 0) is 36.5 Å². The molecule has 0 aliphatic carbocycles. The smallest absolute Gasteiger partial charge is 0.296 e. The first kappa shape index (κ1) is 12.2. The van der Waals surface area contributed by atoms with Gasteiger partial charge in [-0.3, -0.25) is 9.59 Å². The van der Waals surface area contributed by atoms with Crippen molar-refractivity contribution in [1.82, 2.24) is 0 Å². The summed E-state index contributed by atoms with van der Waals surface area (Å²) in [5.41, 5.74) is 2.23. The maximum absolute atomic E-state index is 11.6. The fourth-order valence-corrected chi connectivity index (χ4v) is 3.21. The van der Waals surface area contributed by atoms with Crippen LogP contribution in [0.2, 0.25) is 0 Å². The van der Waals surface area contributed by atoms with E-state index in [0.717, 1.165) is 18.8 Å². The van der Waals surface area contributed by atoms with Crippen LogP contribution in [0.5, 0.6) is 0 Å². The minimum absolute atomic E-state index is 0.429. The number of fused-ring (bicyclic) bond motifs is 1. The predicted molar refractivity (Wildman–Crippen MR) is 74.6 cm³/mol. The lowest BCUT2D eigenvalue weighted by Crippen LogP contribution is -2.38. The second kappa shape index (κ2) is 4.37. The van der Waals surface area contributed by atoms with E-state index in [1.165, 1.54) is 6.42 Å². The van der Waals surface area contributed by atoms with Gasteiger partial charge in [0.15, 0.2) is 0 Å². The van der Waals surface area contributed by atoms with Crippen LogP contribution in [0.1, 0.15) is 30.6 Å². The highest BCUT2D eigenvalue weighted by Crippen LogP contribution is 2.31. The van der Waals surface area contributed by atoms with E-state index in [0.29, 0.717) is 23.1 Å². The minimum Gasteiger partial charge on any atom is -0.371 e. The molecule has 4 nitrogen and oxygen atoms in total. The lowest BCUT2D eigenvalue weighted by atomic mass is 9.91. The second-order valence-electron chi connectivity index (χ2n) is 5.86. The number of hydrogen-bond donors (Lipinski definition) is 1. The summed E-state index contributed by atoms with van der Waals surface area (Å²) in [5.74, 6) is 0.399. The standard InChI is InChI=1S/C15H18N2O2/c1-9-5-10(2)8-17(7-9)11-3-4-12-13(6-11)16-15(19)14(12)18/h3-4,6,9-10H,5,7-8H2,1-2H3,(H,16,18,19). The monoisotopic (exact) mass is 258 g/mol. The zero-order valence-corrected chi connectivity index (χ0v) is 11.3. The summed E-state index contributed by atoms with van der Waals surface area (Å²) in [6.45, 7) is 6.60. The molecule has 0 radical (unpaired) electrons. The van der Waals surface area contributed by atoms with Crippen molar-refractivity contribution in [2.45, 2.75) is 20.3 Å². The molecule has 100 valence electrons. The number of hydrogen-bond acceptors (Lipinski definition) is 3. The molecule has 1 saturated heterocycles. The average molecular weight is 258 g/mol. The third-order valence-electron chi connectivity index (χ3n) is 3.94. The molecule has 1 fully saturated rings. The molecular weight excluding hydrogens is 240 g/mol. The molecule has 1 amide bonds. The molecule has 1 N–H and O–H groups in total. The van der Waals surface area contributed by atoms with Gasteiger partial charge in [0.1, 0.15) is 0 Å². The Labute approximate surface area is 112 Å². The molecular formula is C15H18N2O2. The van der Waals surface area contributed by atoms with Gasteiger partial charge in [0.2, 0.25) is 0 Å². The van der Waals surface area contributed by atoms with Gasteiger partial charge in [-0.15, -0.1) is 0 Å². The number of ketones is 1. The Hall–Kier alpha value is -1.84. The largest absolute Gasteiger partial charge is 0.371 e. The third kappa shape index (κ3) is 2.11. The molecule has 2 heterocycles. The topological polar surface area (TPSA) is 49.4 Å². The molecule has 1 aromatic carbocycles. The first-order valence-corrected chi connectivity index (χ1v) is 6.79. The van der Waals surface area contributed by atoms with Crippen LogP contribution in [0.25, 0.3) is 0 Å². The van der Waals surface area contributed by atoms with Crippen molar-refractivity contribution >= 4 is 23.1 Å². The number of carbonyl (C=O) groups is 2. The maximum atomic E-state index is 11.6. The van der Waals surface area contributed by atoms with E-state index in [1.807, 2.05) is 12.1 Å². The fraction of sp³-hybridized carbons (Fsp3) is 0.467. The van der Waals surface area contributed by atoms with Gasteiger partial charge >= 0.3 is 0 Å². The van der Waals surface area contributed by atoms with Crippen LogP contribution >= 0.6 is 0 Å². The number of rotatable bonds is 1. The van der Waals surface area contributed by atoms with Crippen LogP contribution in [0, 0.1) is 11.8 Å². The van der Waals surface area contributed by atoms with Crippen molar-refractivity contribution in [3.8, 4) is 0 Å². The van der Waals surface area contributed by atoms with E-state index in [4.69, 9.17) is 0 Å². The Balaban J connectivity index is 1.89. The molecule has 0 bridgehead atoms. The Morgan fingerprint density at radius 3 is 2.53 bits per heavy atom. The minimum atomic E-state index is -0.521. The van der Waals surface area contributed by atoms with Gasteiger partial charge in [0.25, 0.3) is 11.7 Å². The van der Waals surface area contributed by atoms with Gasteiger partial charge in [-0.2, -0.15) is 0 Å². The Morgan fingerprint density at radius 1 is 1.16 bits per heavy atom. The van der Waals surface area contributed by atoms with E-state index in [1.54, 1.807) is 6.07 Å². The van der Waals surface area contributed by atoms with Crippen LogP contribution in [0.4, 0.5) is 11.4 Å². The number of piperidine rings is 1. The van der Waals surface area contributed by atoms with Crippen LogP contribution in [-0.4, -0.2) is 24.8 Å². The summed E-state index contributed by atoms with van der Waals surface area (Å²) in [6, 6.07) is 5.62. The molecule has 0 saturated carbocycles. The van der Waals surface area contributed by atoms with Crippen molar-refractivity contribution < 1.29 is 9.59 Å². The Morgan fingerprint density at radius 2 is 1.84 bits per heavy atom. The summed E-state index contributed by atoms with van der Waals surface area (Å²) in [4.78, 5) is 25.3. The Kier molecular flexibility index (Phi) is 2.81. The molecule has 0 spiro atoms. The summed E-state index contributed by atoms with van der Waals surface area (Å²) >= 11 is 0. The lowest BCUT2D eigenvalue weighted by molar-refractivity contribution is -0.112. The molecule has 2 aliphatic heterocycles. The summed E-state index contributed by atoms with van der Waals surface area (Å²) in [6.07, 6.45) is 1.26. The highest BCUT2D eigenvalue weighted by molar-refractivity contribution is 6.51. The molecule has 2 unspecified atom stereocenters. The number of anilines is 2. The Bertz CT molecular complexity index is 543. The summed E-state index contributed by atoms with van der Waals surface area (Å²) in [5, 5.41) is 2.63. The molecule has 0 aromatic heterocycles. The number of nitrogens with one attached hydrogen (secondary N) is 1. The van der Waals surface area contributed by atoms with E-state index in [-0.39, 0.29) is 0 Å². The highest BCUT2D eigenvalue weighted by atomic mass is 16.2. The van der Waals surface area contributed by atoms with Gasteiger partial charge in [0, 0.05) is 18.8 Å². The number of amides is 1. The van der Waals surface area contributed by atoms with Gasteiger partial charge in [0.05, 0.1) is 11.3 Å². The first-order valence-electron chi connectivity index (χ1n) is 6.79. The van der Waals surface area contributed by atoms with Gasteiger partial charge in [-0.1, -0.05) is 13.8 Å². The molecule has 2 atom stereocenters. The average Bonchev–Trinajstić information content (AvgIpc) is 2.63. The van der Waals surface area contributed by atoms with Crippen molar-refractivity contribution in [3.63, 3.8) is 0 Å². The zero-order chi connectivity index (χ0) is 13.6. The first-order chi connectivity index (χ1) is 9.04. The molecule has 1 aromatic rings. The SMILES string of the molecule is CC1CC(C)CN(c2ccc3c(c2)NC(=O)C3=O)C1. The van der Waals surface area contributed by atoms with Crippen molar-refractivity contribution in [2.75, 3.05) is 23.3 Å². The van der Waals surface area contributed by atoms with Crippen LogP contribution in [-0.2, 0) is 4.79 Å². The number of nitrogens with zero attached hydrogens (tertiary/aromatic N) is 1. The van der Waals surface area contributed by atoms with Crippen molar-refractivity contribution in [3.05, 3.63) is 23.8 Å². The van der Waals surface area contributed by atoms with Crippen molar-refractivity contribution in [2.24, 2.45) is 11.8 Å². The predicted octanol–water partition coefficient (Wildman–Crippen LogP) is 2.30. The number of benzene rings is 1. The normalized spacial score (nSPS) is 26.3. The van der Waals surface area contributed by atoms with Crippen LogP contribution in [0.3, 0.4) is 0 Å². The molecule has 4 heteroatoms. The maximum Gasteiger partial charge on any atom is 0.296 e. The summed E-state index contributed by atoms with van der Waals surface area (Å²) in [7, 11) is 0. The van der Waals surface area contributed by atoms with E-state index in [2.05, 4.69) is 24.1 Å². The van der Waals surface area contributed by atoms with E-state index >= 15 is 0 Å². The number of Topliss-reactive ketones (excluding diaryl/α,β-unsaturated/α-hetero) is 1. The van der Waals surface area contributed by atoms with Crippen LogP contribution in [0.15, 0.2) is 18.2 Å². The third-order valence-corrected chi connectivity index (χ3v) is 3.94. The molecule has 3 rings (SSSR count). The fourth-order valence-electron chi connectivity index (χ4n) is 3.21. The number of carbonyl (C=O) groups excluding carboxylic acids is 2. The second-order valence-corrected chi connectivity index (χ2v) is 5.86. The van der Waals surface area contributed by atoms with Gasteiger partial charge < -0.3 is 10.2 Å².